The van der Waals surface area contributed by atoms with E-state index < -0.39 is 0 Å². The van der Waals surface area contributed by atoms with Crippen LogP contribution in [0.2, 0.25) is 0 Å². The van der Waals surface area contributed by atoms with Crippen LogP contribution in [0.1, 0.15) is 117 Å². The number of hydrogen-bond donors (Lipinski definition) is 1. The second kappa shape index (κ2) is 22.0. The molecule has 1 atom stereocenters. The molecule has 0 aromatic rings. The molecule has 0 bridgehead atoms. The average Bonchev–Trinajstić information content (AvgIpc) is 2.51. The minimum absolute atomic E-state index is 0. The monoisotopic (exact) mass is 321 g/mol. The van der Waals surface area contributed by atoms with E-state index in [9.17, 15) is 0 Å². The van der Waals surface area contributed by atoms with Gasteiger partial charge in [0.1, 0.15) is 0 Å². The maximum atomic E-state index is 5.93. The third-order valence-electron chi connectivity index (χ3n) is 4.77. The zero-order chi connectivity index (χ0) is 15.6. The summed E-state index contributed by atoms with van der Waals surface area (Å²) in [5.74, 6) is 0.802. The molecule has 1 unspecified atom stereocenters. The minimum atomic E-state index is 0. The van der Waals surface area contributed by atoms with Crippen molar-refractivity contribution in [3.8, 4) is 0 Å². The molecule has 0 rings (SSSR count). The summed E-state index contributed by atoms with van der Waals surface area (Å²) in [5, 5.41) is 0. The van der Waals surface area contributed by atoms with Gasteiger partial charge in [0.05, 0.1) is 0 Å². The summed E-state index contributed by atoms with van der Waals surface area (Å²) in [4.78, 5) is 0. The molecule has 0 amide bonds. The Morgan fingerprint density at radius 1 is 0.545 bits per heavy atom. The molecule has 1 nitrogen and oxygen atoms in total. The van der Waals surface area contributed by atoms with Gasteiger partial charge in [0.2, 0.25) is 0 Å². The number of nitrogens with two attached hydrogens (primary N) is 1. The molecule has 0 heterocycles. The Bertz CT molecular complexity index is 185. The van der Waals surface area contributed by atoms with Gasteiger partial charge in [-0.1, -0.05) is 104 Å². The molecule has 0 saturated carbocycles. The topological polar surface area (TPSA) is 26.0 Å². The van der Waals surface area contributed by atoms with Gasteiger partial charge in [-0.25, -0.2) is 0 Å². The normalized spacial score (nSPS) is 12.1. The third kappa shape index (κ3) is 19.0. The van der Waals surface area contributed by atoms with E-state index in [1.807, 2.05) is 0 Å². The molecular formula is C20H44NNa. The Morgan fingerprint density at radius 2 is 0.864 bits per heavy atom. The predicted molar refractivity (Wildman–Crippen MR) is 105 cm³/mol. The van der Waals surface area contributed by atoms with Crippen LogP contribution < -0.4 is 5.73 Å². The van der Waals surface area contributed by atoms with Gasteiger partial charge in [-0.05, 0) is 25.3 Å². The molecule has 0 aliphatic rings. The fourth-order valence-electron chi connectivity index (χ4n) is 3.16. The van der Waals surface area contributed by atoms with Crippen molar-refractivity contribution in [3.63, 3.8) is 0 Å². The molecule has 0 aliphatic heterocycles. The zero-order valence-electron chi connectivity index (χ0n) is 15.2. The van der Waals surface area contributed by atoms with Crippen LogP contribution in [0.25, 0.3) is 0 Å². The van der Waals surface area contributed by atoms with Crippen molar-refractivity contribution in [1.82, 2.24) is 0 Å². The molecule has 0 spiro atoms. The molecule has 0 aromatic carbocycles. The van der Waals surface area contributed by atoms with E-state index in [1.165, 1.54) is 103 Å². The van der Waals surface area contributed by atoms with Gasteiger partial charge in [0, 0.05) is 0 Å². The average molecular weight is 322 g/mol. The zero-order valence-corrected chi connectivity index (χ0v) is 15.2. The van der Waals surface area contributed by atoms with Crippen molar-refractivity contribution in [1.29, 1.82) is 0 Å². The molecule has 0 aliphatic carbocycles. The van der Waals surface area contributed by atoms with Crippen LogP contribution in [0.4, 0.5) is 0 Å². The molecule has 130 valence electrons. The number of hydrogen-bond acceptors (Lipinski definition) is 1. The van der Waals surface area contributed by atoms with Crippen LogP contribution in [0.3, 0.4) is 0 Å². The SMILES string of the molecule is CCCCCCCCCCC(CN)CCCCCCCC.[NaH]. The Labute approximate surface area is 163 Å². The number of unbranched alkanes of at least 4 members (excludes halogenated alkanes) is 12. The Hall–Kier alpha value is 0.960. The van der Waals surface area contributed by atoms with Gasteiger partial charge >= 0.3 is 29.6 Å². The predicted octanol–water partition coefficient (Wildman–Crippen LogP) is 6.19. The first-order valence-electron chi connectivity index (χ1n) is 10.0. The summed E-state index contributed by atoms with van der Waals surface area (Å²) in [7, 11) is 0. The second-order valence-electron chi connectivity index (χ2n) is 6.92. The Balaban J connectivity index is 0. The van der Waals surface area contributed by atoms with Crippen molar-refractivity contribution >= 4 is 29.6 Å². The van der Waals surface area contributed by atoms with Crippen LogP contribution in [0, 0.1) is 5.92 Å². The van der Waals surface area contributed by atoms with E-state index in [0.717, 1.165) is 12.5 Å². The van der Waals surface area contributed by atoms with E-state index >= 15 is 0 Å². The van der Waals surface area contributed by atoms with Crippen LogP contribution in [-0.2, 0) is 0 Å². The summed E-state index contributed by atoms with van der Waals surface area (Å²) in [6.07, 6.45) is 22.6. The quantitative estimate of drug-likeness (QED) is 0.251. The van der Waals surface area contributed by atoms with E-state index in [4.69, 9.17) is 5.73 Å². The molecule has 0 fully saturated rings. The van der Waals surface area contributed by atoms with Crippen molar-refractivity contribution in [3.05, 3.63) is 0 Å². The first-order chi connectivity index (χ1) is 10.3. The summed E-state index contributed by atoms with van der Waals surface area (Å²) in [6.45, 7) is 5.48. The summed E-state index contributed by atoms with van der Waals surface area (Å²) in [5.41, 5.74) is 5.93. The molecular weight excluding hydrogens is 277 g/mol. The van der Waals surface area contributed by atoms with Gasteiger partial charge in [-0.15, -0.1) is 0 Å². The first kappa shape index (κ1) is 25.2. The van der Waals surface area contributed by atoms with Crippen LogP contribution >= 0.6 is 0 Å². The maximum absolute atomic E-state index is 5.93. The van der Waals surface area contributed by atoms with Crippen molar-refractivity contribution < 1.29 is 0 Å². The third-order valence-corrected chi connectivity index (χ3v) is 4.77. The van der Waals surface area contributed by atoms with Gasteiger partial charge in [-0.3, -0.25) is 0 Å². The molecule has 22 heavy (non-hydrogen) atoms. The molecule has 0 saturated heterocycles. The van der Waals surface area contributed by atoms with E-state index in [2.05, 4.69) is 13.8 Å². The molecule has 0 radical (unpaired) electrons. The number of rotatable bonds is 17. The fourth-order valence-corrected chi connectivity index (χ4v) is 3.16. The summed E-state index contributed by atoms with van der Waals surface area (Å²) >= 11 is 0. The van der Waals surface area contributed by atoms with E-state index in [1.54, 1.807) is 0 Å². The molecule has 0 aromatic heterocycles. The van der Waals surface area contributed by atoms with Crippen molar-refractivity contribution in [2.75, 3.05) is 6.54 Å². The standard InChI is InChI=1S/C20H43N.Na.H/c1-3-5-7-9-11-12-14-16-18-20(19-21)17-15-13-10-8-6-4-2;;/h20H,3-19,21H2,1-2H3;;. The second-order valence-corrected chi connectivity index (χ2v) is 6.92. The Morgan fingerprint density at radius 3 is 1.18 bits per heavy atom. The van der Waals surface area contributed by atoms with Crippen LogP contribution in [0.15, 0.2) is 0 Å². The van der Waals surface area contributed by atoms with Crippen molar-refractivity contribution in [2.45, 2.75) is 117 Å². The van der Waals surface area contributed by atoms with Crippen molar-refractivity contribution in [2.24, 2.45) is 11.7 Å². The van der Waals surface area contributed by atoms with Gasteiger partial charge in [0.25, 0.3) is 0 Å². The molecule has 2 heteroatoms. The molecule has 2 N–H and O–H groups in total. The summed E-state index contributed by atoms with van der Waals surface area (Å²) in [6, 6.07) is 0. The van der Waals surface area contributed by atoms with E-state index in [-0.39, 0.29) is 29.6 Å². The fraction of sp³-hybridized carbons (Fsp3) is 1.00. The van der Waals surface area contributed by atoms with Crippen LogP contribution in [0.5, 0.6) is 0 Å². The Kier molecular flexibility index (Phi) is 25.2. The van der Waals surface area contributed by atoms with Gasteiger partial charge in [0.15, 0.2) is 0 Å². The van der Waals surface area contributed by atoms with E-state index in [0.29, 0.717) is 0 Å². The van der Waals surface area contributed by atoms with Gasteiger partial charge < -0.3 is 5.73 Å². The summed E-state index contributed by atoms with van der Waals surface area (Å²) < 4.78 is 0. The van der Waals surface area contributed by atoms with Gasteiger partial charge in [-0.2, -0.15) is 0 Å². The first-order valence-corrected chi connectivity index (χ1v) is 10.0. The van der Waals surface area contributed by atoms with Crippen LogP contribution in [-0.4, -0.2) is 36.1 Å².